The summed E-state index contributed by atoms with van der Waals surface area (Å²) in [6, 6.07) is 25.3. The molecule has 0 N–H and O–H groups in total. The van der Waals surface area contributed by atoms with Crippen molar-refractivity contribution in [1.29, 1.82) is 0 Å². The standard InChI is InChI=1S/C19H13O2P/c20-19-17-12-5-4-10-15(17)16-11-6-7-13-18(16)22(19)21-14-8-2-1-3-9-14/h1-13H. The van der Waals surface area contributed by atoms with Gasteiger partial charge in [0.05, 0.1) is 0 Å². The second kappa shape index (κ2) is 5.32. The van der Waals surface area contributed by atoms with Gasteiger partial charge in [0.1, 0.15) is 13.5 Å². The van der Waals surface area contributed by atoms with E-state index in [9.17, 15) is 4.79 Å². The number of hydrogen-bond acceptors (Lipinski definition) is 2. The molecule has 0 bridgehead atoms. The van der Waals surface area contributed by atoms with Gasteiger partial charge in [-0.3, -0.25) is 4.79 Å². The number of benzene rings is 3. The third-order valence-electron chi connectivity index (χ3n) is 3.69. The maximum absolute atomic E-state index is 12.9. The molecule has 106 valence electrons. The van der Waals surface area contributed by atoms with Crippen LogP contribution in [0.3, 0.4) is 0 Å². The fourth-order valence-electron chi connectivity index (χ4n) is 2.68. The first-order valence-electron chi connectivity index (χ1n) is 7.10. The van der Waals surface area contributed by atoms with E-state index in [4.69, 9.17) is 4.52 Å². The molecule has 0 aliphatic rings. The van der Waals surface area contributed by atoms with E-state index in [-0.39, 0.29) is 5.16 Å². The van der Waals surface area contributed by atoms with Gasteiger partial charge < -0.3 is 4.52 Å². The summed E-state index contributed by atoms with van der Waals surface area (Å²) in [5, 5.41) is 3.92. The summed E-state index contributed by atoms with van der Waals surface area (Å²) < 4.78 is 6.07. The minimum atomic E-state index is -1.35. The minimum Gasteiger partial charge on any atom is -0.442 e. The summed E-state index contributed by atoms with van der Waals surface area (Å²) in [5.41, 5.74) is 0. The van der Waals surface area contributed by atoms with Crippen LogP contribution < -0.4 is 9.68 Å². The van der Waals surface area contributed by atoms with Crippen LogP contribution in [0.4, 0.5) is 0 Å². The monoisotopic (exact) mass is 304 g/mol. The molecule has 3 heteroatoms. The van der Waals surface area contributed by atoms with Gasteiger partial charge in [-0.25, -0.2) is 0 Å². The lowest BCUT2D eigenvalue weighted by molar-refractivity contribution is 0.634. The minimum absolute atomic E-state index is 0.0770. The molecule has 0 saturated carbocycles. The SMILES string of the molecule is O=c1c2ccccc2c2ccccc2p1Oc1ccccc1. The number of hydrogen-bond donors (Lipinski definition) is 0. The Morgan fingerprint density at radius 2 is 1.23 bits per heavy atom. The molecule has 3 aromatic carbocycles. The normalized spacial score (nSPS) is 11.7. The molecular formula is C19H13O2P. The van der Waals surface area contributed by atoms with Gasteiger partial charge in [0.15, 0.2) is 0 Å². The molecule has 0 aliphatic heterocycles. The molecule has 22 heavy (non-hydrogen) atoms. The van der Waals surface area contributed by atoms with Gasteiger partial charge >= 0.3 is 0 Å². The molecule has 1 heterocycles. The van der Waals surface area contributed by atoms with Crippen LogP contribution in [0.2, 0.25) is 0 Å². The zero-order chi connectivity index (χ0) is 14.9. The summed E-state index contributed by atoms with van der Waals surface area (Å²) in [6.07, 6.45) is 0. The molecule has 0 fully saturated rings. The van der Waals surface area contributed by atoms with Gasteiger partial charge in [0.2, 0.25) is 5.16 Å². The van der Waals surface area contributed by atoms with Crippen LogP contribution in [0.15, 0.2) is 83.7 Å². The Balaban J connectivity index is 2.07. The van der Waals surface area contributed by atoms with Crippen molar-refractivity contribution in [2.24, 2.45) is 0 Å². The van der Waals surface area contributed by atoms with Gasteiger partial charge in [-0.05, 0) is 35.0 Å². The highest BCUT2D eigenvalue weighted by molar-refractivity contribution is 7.50. The molecule has 4 rings (SSSR count). The molecule has 2 nitrogen and oxygen atoms in total. The molecule has 0 saturated heterocycles. The molecule has 4 aromatic rings. The lowest BCUT2D eigenvalue weighted by Gasteiger charge is -2.11. The van der Waals surface area contributed by atoms with Gasteiger partial charge in [0.25, 0.3) is 0 Å². The quantitative estimate of drug-likeness (QED) is 0.477. The predicted octanol–water partition coefficient (Wildman–Crippen LogP) is 5.18. The van der Waals surface area contributed by atoms with Crippen LogP contribution in [-0.2, 0) is 0 Å². The summed E-state index contributed by atoms with van der Waals surface area (Å²) in [6.45, 7) is 0. The molecule has 1 unspecified atom stereocenters. The van der Waals surface area contributed by atoms with Gasteiger partial charge in [0, 0.05) is 10.5 Å². The molecule has 0 amide bonds. The summed E-state index contributed by atoms with van der Waals surface area (Å²) in [7, 11) is -1.35. The molecule has 0 radical (unpaired) electrons. The predicted molar refractivity (Wildman–Crippen MR) is 92.9 cm³/mol. The highest BCUT2D eigenvalue weighted by atomic mass is 31.1. The average molecular weight is 304 g/mol. The smallest absolute Gasteiger partial charge is 0.242 e. The Bertz CT molecular complexity index is 1020. The van der Waals surface area contributed by atoms with Gasteiger partial charge in [-0.15, -0.1) is 0 Å². The van der Waals surface area contributed by atoms with Crippen molar-refractivity contribution in [2.75, 3.05) is 0 Å². The summed E-state index contributed by atoms with van der Waals surface area (Å²) in [5.74, 6) is 0.733. The molecular weight excluding hydrogens is 291 g/mol. The average Bonchev–Trinajstić information content (AvgIpc) is 2.59. The van der Waals surface area contributed by atoms with Crippen molar-refractivity contribution < 1.29 is 4.52 Å². The van der Waals surface area contributed by atoms with Crippen LogP contribution in [0.25, 0.3) is 21.3 Å². The summed E-state index contributed by atoms with van der Waals surface area (Å²) >= 11 is 0. The highest BCUT2D eigenvalue weighted by Gasteiger charge is 2.13. The van der Waals surface area contributed by atoms with Crippen LogP contribution in [0.1, 0.15) is 0 Å². The van der Waals surface area contributed by atoms with Gasteiger partial charge in [-0.1, -0.05) is 54.6 Å². The maximum atomic E-state index is 12.9. The first kappa shape index (κ1) is 13.1. The van der Waals surface area contributed by atoms with E-state index in [0.29, 0.717) is 0 Å². The Kier molecular flexibility index (Phi) is 3.17. The number of fused-ring (bicyclic) bond motifs is 3. The van der Waals surface area contributed by atoms with Crippen molar-refractivity contribution in [3.05, 3.63) is 88.8 Å². The number of para-hydroxylation sites is 1. The van der Waals surface area contributed by atoms with Crippen LogP contribution in [0.5, 0.6) is 5.75 Å². The first-order valence-corrected chi connectivity index (χ1v) is 8.36. The zero-order valence-electron chi connectivity index (χ0n) is 11.8. The van der Waals surface area contributed by atoms with Crippen LogP contribution >= 0.6 is 7.76 Å². The summed E-state index contributed by atoms with van der Waals surface area (Å²) in [4.78, 5) is 12.9. The molecule has 0 spiro atoms. The third kappa shape index (κ3) is 2.09. The van der Waals surface area contributed by atoms with E-state index in [1.807, 2.05) is 72.8 Å². The molecule has 1 atom stereocenters. The van der Waals surface area contributed by atoms with E-state index in [1.54, 1.807) is 0 Å². The van der Waals surface area contributed by atoms with E-state index < -0.39 is 7.76 Å². The molecule has 1 aromatic heterocycles. The topological polar surface area (TPSA) is 26.3 Å². The van der Waals surface area contributed by atoms with Crippen LogP contribution in [-0.4, -0.2) is 0 Å². The fourth-order valence-corrected chi connectivity index (χ4v) is 4.46. The van der Waals surface area contributed by atoms with E-state index >= 15 is 0 Å². The van der Waals surface area contributed by atoms with Crippen LogP contribution in [0, 0.1) is 0 Å². The van der Waals surface area contributed by atoms with E-state index in [0.717, 1.165) is 27.0 Å². The Labute approximate surface area is 128 Å². The second-order valence-electron chi connectivity index (χ2n) is 5.07. The van der Waals surface area contributed by atoms with Crippen molar-refractivity contribution in [1.82, 2.24) is 0 Å². The Morgan fingerprint density at radius 3 is 2.00 bits per heavy atom. The lowest BCUT2D eigenvalue weighted by Crippen LogP contribution is -2.02. The second-order valence-corrected chi connectivity index (χ2v) is 6.73. The fraction of sp³-hybridized carbons (Fsp3) is 0. The van der Waals surface area contributed by atoms with Crippen molar-refractivity contribution in [3.8, 4) is 5.75 Å². The first-order chi connectivity index (χ1) is 10.8. The largest absolute Gasteiger partial charge is 0.442 e. The van der Waals surface area contributed by atoms with E-state index in [1.165, 1.54) is 0 Å². The highest BCUT2D eigenvalue weighted by Crippen LogP contribution is 2.38. The Hall–Kier alpha value is -2.57. The maximum Gasteiger partial charge on any atom is 0.242 e. The number of rotatable bonds is 2. The lowest BCUT2D eigenvalue weighted by atomic mass is 10.1. The van der Waals surface area contributed by atoms with Crippen molar-refractivity contribution >= 4 is 29.0 Å². The van der Waals surface area contributed by atoms with Crippen molar-refractivity contribution in [2.45, 2.75) is 0 Å². The van der Waals surface area contributed by atoms with Crippen molar-refractivity contribution in [3.63, 3.8) is 0 Å². The molecule has 0 aliphatic carbocycles. The van der Waals surface area contributed by atoms with Gasteiger partial charge in [-0.2, -0.15) is 0 Å². The third-order valence-corrected chi connectivity index (χ3v) is 5.53. The zero-order valence-corrected chi connectivity index (χ0v) is 12.7. The Morgan fingerprint density at radius 1 is 0.636 bits per heavy atom. The van der Waals surface area contributed by atoms with E-state index in [2.05, 4.69) is 6.07 Å².